The molecule has 0 bridgehead atoms. The molecule has 2 unspecified atom stereocenters. The monoisotopic (exact) mass is 570 g/mol. The van der Waals surface area contributed by atoms with Crippen molar-refractivity contribution in [2.24, 2.45) is 0 Å². The number of benzene rings is 2. The van der Waals surface area contributed by atoms with Gasteiger partial charge in [0.05, 0.1) is 0 Å². The molecular formula is C33H47ClN2O4. The predicted octanol–water partition coefficient (Wildman–Crippen LogP) is 6.81. The van der Waals surface area contributed by atoms with Crippen molar-refractivity contribution in [3.63, 3.8) is 0 Å². The van der Waals surface area contributed by atoms with Gasteiger partial charge >= 0.3 is 0 Å². The molecule has 0 saturated heterocycles. The molecule has 0 aliphatic carbocycles. The van der Waals surface area contributed by atoms with E-state index in [4.69, 9.17) is 21.1 Å². The molecule has 2 aromatic carbocycles. The van der Waals surface area contributed by atoms with Crippen molar-refractivity contribution < 1.29 is 19.1 Å². The van der Waals surface area contributed by atoms with E-state index in [-0.39, 0.29) is 5.78 Å². The molecule has 4 rings (SSSR count). The molecule has 2 atom stereocenters. The van der Waals surface area contributed by atoms with Crippen molar-refractivity contribution in [1.29, 1.82) is 0 Å². The second-order valence-corrected chi connectivity index (χ2v) is 11.1. The summed E-state index contributed by atoms with van der Waals surface area (Å²) < 4.78 is 11.8. The van der Waals surface area contributed by atoms with Gasteiger partial charge in [0.2, 0.25) is 0 Å². The van der Waals surface area contributed by atoms with E-state index >= 15 is 0 Å². The first-order chi connectivity index (χ1) is 19.3. The van der Waals surface area contributed by atoms with Crippen molar-refractivity contribution in [2.75, 3.05) is 39.4 Å². The summed E-state index contributed by atoms with van der Waals surface area (Å²) in [5.41, 5.74) is 3.45. The number of hydrogen-bond acceptors (Lipinski definition) is 6. The second-order valence-electron chi connectivity index (χ2n) is 10.8. The van der Waals surface area contributed by atoms with Crippen LogP contribution in [0.4, 0.5) is 0 Å². The van der Waals surface area contributed by atoms with Gasteiger partial charge in [-0.05, 0) is 101 Å². The summed E-state index contributed by atoms with van der Waals surface area (Å²) >= 11 is 5.68. The lowest BCUT2D eigenvalue weighted by molar-refractivity contribution is 0.0999. The minimum atomic E-state index is -0.399. The summed E-state index contributed by atoms with van der Waals surface area (Å²) in [7, 11) is 0. The molecule has 0 aromatic heterocycles. The smallest absolute Gasteiger partial charge is 0.252 e. The molecule has 6 nitrogen and oxygen atoms in total. The quantitative estimate of drug-likeness (QED) is 0.206. The minimum absolute atomic E-state index is 0.128. The Morgan fingerprint density at radius 2 is 1.12 bits per heavy atom. The molecule has 2 aliphatic heterocycles. The van der Waals surface area contributed by atoms with Gasteiger partial charge in [0.15, 0.2) is 5.78 Å². The number of ketones is 1. The lowest BCUT2D eigenvalue weighted by Gasteiger charge is -2.35. The molecule has 0 radical (unpaired) electrons. The Morgan fingerprint density at radius 1 is 0.725 bits per heavy atom. The van der Waals surface area contributed by atoms with Crippen LogP contribution in [-0.4, -0.2) is 72.3 Å². The van der Waals surface area contributed by atoms with E-state index in [2.05, 4.69) is 37.5 Å². The van der Waals surface area contributed by atoms with Gasteiger partial charge in [-0.15, -0.1) is 0 Å². The maximum absolute atomic E-state index is 11.8. The van der Waals surface area contributed by atoms with Gasteiger partial charge in [-0.25, -0.2) is 0 Å². The van der Waals surface area contributed by atoms with E-state index < -0.39 is 5.24 Å². The largest absolute Gasteiger partial charge is 0.492 e. The number of nitrogens with zero attached hydrogens (tertiary/aromatic N) is 2. The van der Waals surface area contributed by atoms with Crippen molar-refractivity contribution in [3.05, 3.63) is 58.7 Å². The summed E-state index contributed by atoms with van der Waals surface area (Å²) in [6, 6.07) is 12.0. The standard InChI is InChI=1S/C17H25NO2.C16H22ClNO2/c1-4-9-18(10-5-2)14-11-16-15(13(3)19)7-6-8-17(16)20-12-14;1-3-8-18(9-4-2)12-10-14-13(16(17)19)6-5-7-15(14)20-11-12/h6-8,14H,4-5,9-12H2,1-3H3;5-7,12H,3-4,8-11H2,1-2H3. The van der Waals surface area contributed by atoms with E-state index in [1.54, 1.807) is 13.0 Å². The van der Waals surface area contributed by atoms with Crippen molar-refractivity contribution in [2.45, 2.75) is 85.2 Å². The number of Topliss-reactive ketones (excluding diaryl/α,β-unsaturated/α-hetero) is 1. The van der Waals surface area contributed by atoms with Crippen LogP contribution >= 0.6 is 11.6 Å². The van der Waals surface area contributed by atoms with Gasteiger partial charge in [0.25, 0.3) is 5.24 Å². The second kappa shape index (κ2) is 16.1. The van der Waals surface area contributed by atoms with E-state index in [9.17, 15) is 9.59 Å². The molecule has 220 valence electrons. The van der Waals surface area contributed by atoms with Gasteiger partial charge in [0, 0.05) is 34.3 Å². The van der Waals surface area contributed by atoms with Gasteiger partial charge in [-0.2, -0.15) is 0 Å². The van der Waals surface area contributed by atoms with Crippen molar-refractivity contribution in [3.8, 4) is 11.5 Å². The van der Waals surface area contributed by atoms with Crippen LogP contribution < -0.4 is 9.47 Å². The van der Waals surface area contributed by atoms with E-state index in [1.807, 2.05) is 30.3 Å². The Hall–Kier alpha value is -2.41. The average Bonchev–Trinajstić information content (AvgIpc) is 2.96. The number of ether oxygens (including phenoxy) is 2. The summed E-state index contributed by atoms with van der Waals surface area (Å²) in [4.78, 5) is 28.3. The SMILES string of the molecule is CCCN(CCC)C1COc2cccc(C(=O)Cl)c2C1.CCCN(CCC)C1COc2cccc(C(C)=O)c2C1. The van der Waals surface area contributed by atoms with E-state index in [0.29, 0.717) is 24.3 Å². The number of halogens is 1. The van der Waals surface area contributed by atoms with Crippen LogP contribution in [0.2, 0.25) is 0 Å². The van der Waals surface area contributed by atoms with Gasteiger partial charge in [-0.1, -0.05) is 45.9 Å². The van der Waals surface area contributed by atoms with Gasteiger partial charge in [0.1, 0.15) is 24.7 Å². The molecule has 0 spiro atoms. The molecule has 0 amide bonds. The summed E-state index contributed by atoms with van der Waals surface area (Å²) in [5, 5.41) is -0.399. The van der Waals surface area contributed by atoms with Crippen molar-refractivity contribution in [1.82, 2.24) is 9.80 Å². The Bertz CT molecular complexity index is 1020. The highest BCUT2D eigenvalue weighted by molar-refractivity contribution is 6.68. The number of fused-ring (bicyclic) bond motifs is 2. The molecule has 2 aromatic rings. The van der Waals surface area contributed by atoms with Crippen molar-refractivity contribution >= 4 is 22.6 Å². The summed E-state index contributed by atoms with van der Waals surface area (Å²) in [6.07, 6.45) is 6.31. The first-order valence-corrected chi connectivity index (χ1v) is 15.4. The van der Waals surface area contributed by atoms with Gasteiger partial charge in [-0.3, -0.25) is 19.4 Å². The van der Waals surface area contributed by atoms with E-state index in [0.717, 1.165) is 99.5 Å². The fourth-order valence-electron chi connectivity index (χ4n) is 5.87. The highest BCUT2D eigenvalue weighted by atomic mass is 35.5. The summed E-state index contributed by atoms with van der Waals surface area (Å²) in [6.45, 7) is 16.2. The Balaban J connectivity index is 0.000000220. The molecule has 0 fully saturated rings. The third-order valence-electron chi connectivity index (χ3n) is 7.68. The average molecular weight is 571 g/mol. The number of rotatable bonds is 12. The number of carbonyl (C=O) groups excluding carboxylic acids is 2. The third kappa shape index (κ3) is 8.31. The van der Waals surface area contributed by atoms with Crippen LogP contribution in [0.15, 0.2) is 36.4 Å². The lowest BCUT2D eigenvalue weighted by atomic mass is 9.94. The molecular weight excluding hydrogens is 524 g/mol. The maximum atomic E-state index is 11.8. The van der Waals surface area contributed by atoms with Crippen LogP contribution in [0.25, 0.3) is 0 Å². The minimum Gasteiger partial charge on any atom is -0.492 e. The van der Waals surface area contributed by atoms with Crippen LogP contribution in [0.1, 0.15) is 92.1 Å². The van der Waals surface area contributed by atoms with Crippen LogP contribution in [0.5, 0.6) is 11.5 Å². The molecule has 40 heavy (non-hydrogen) atoms. The first kappa shape index (κ1) is 32.1. The van der Waals surface area contributed by atoms with Crippen LogP contribution in [0, 0.1) is 0 Å². The zero-order chi connectivity index (χ0) is 29.1. The topological polar surface area (TPSA) is 59.1 Å². The summed E-state index contributed by atoms with van der Waals surface area (Å²) in [5.74, 6) is 1.83. The third-order valence-corrected chi connectivity index (χ3v) is 7.88. The van der Waals surface area contributed by atoms with Crippen LogP contribution in [-0.2, 0) is 12.8 Å². The molecule has 0 N–H and O–H groups in total. The first-order valence-electron chi connectivity index (χ1n) is 15.0. The Kier molecular flexibility index (Phi) is 13.0. The van der Waals surface area contributed by atoms with Gasteiger partial charge < -0.3 is 9.47 Å². The molecule has 7 heteroatoms. The Morgan fingerprint density at radius 3 is 1.50 bits per heavy atom. The fourth-order valence-corrected chi connectivity index (χ4v) is 6.05. The maximum Gasteiger partial charge on any atom is 0.252 e. The highest BCUT2D eigenvalue weighted by Gasteiger charge is 2.28. The molecule has 2 aliphatic rings. The highest BCUT2D eigenvalue weighted by Crippen LogP contribution is 2.31. The van der Waals surface area contributed by atoms with Crippen LogP contribution in [0.3, 0.4) is 0 Å². The Labute approximate surface area is 246 Å². The number of carbonyl (C=O) groups is 2. The molecule has 2 heterocycles. The zero-order valence-corrected chi connectivity index (χ0v) is 25.8. The lowest BCUT2D eigenvalue weighted by Crippen LogP contribution is -2.44. The normalized spacial score (nSPS) is 17.7. The molecule has 0 saturated carbocycles. The predicted molar refractivity (Wildman–Crippen MR) is 163 cm³/mol. The fraction of sp³-hybridized carbons (Fsp3) is 0.576. The zero-order valence-electron chi connectivity index (χ0n) is 25.0. The number of hydrogen-bond donors (Lipinski definition) is 0. The van der Waals surface area contributed by atoms with E-state index in [1.165, 1.54) is 0 Å².